The summed E-state index contributed by atoms with van der Waals surface area (Å²) in [6.45, 7) is 1.78. The van der Waals surface area contributed by atoms with Gasteiger partial charge in [-0.25, -0.2) is 4.98 Å². The lowest BCUT2D eigenvalue weighted by Gasteiger charge is -2.05. The van der Waals surface area contributed by atoms with Crippen LogP contribution in [0.15, 0.2) is 29.0 Å². The number of hydrogen-bond donors (Lipinski definition) is 2. The smallest absolute Gasteiger partial charge is 0.137 e. The van der Waals surface area contributed by atoms with E-state index in [1.54, 1.807) is 0 Å². The first kappa shape index (κ1) is 13.5. The van der Waals surface area contributed by atoms with Gasteiger partial charge in [0, 0.05) is 17.4 Å². The minimum absolute atomic E-state index is 0.740. The Labute approximate surface area is 119 Å². The summed E-state index contributed by atoms with van der Waals surface area (Å²) < 4.78 is 0.935. The van der Waals surface area contributed by atoms with E-state index < -0.39 is 0 Å². The van der Waals surface area contributed by atoms with Gasteiger partial charge in [-0.3, -0.25) is 5.10 Å². The zero-order chi connectivity index (χ0) is 12.8. The molecule has 2 rings (SSSR count). The SMILES string of the molecule is Clc1ccc(CNCCCc2ncn[nH]2)cc1Br. The Hall–Kier alpha value is -0.910. The average Bonchev–Trinajstić information content (AvgIpc) is 2.86. The van der Waals surface area contributed by atoms with Crippen molar-refractivity contribution in [2.24, 2.45) is 0 Å². The van der Waals surface area contributed by atoms with Crippen molar-refractivity contribution in [2.75, 3.05) is 6.54 Å². The highest BCUT2D eigenvalue weighted by Gasteiger charge is 1.99. The van der Waals surface area contributed by atoms with Gasteiger partial charge in [0.1, 0.15) is 12.2 Å². The van der Waals surface area contributed by atoms with E-state index >= 15 is 0 Å². The second kappa shape index (κ2) is 6.87. The lowest BCUT2D eigenvalue weighted by Crippen LogP contribution is -2.15. The molecule has 0 aliphatic carbocycles. The number of aryl methyl sites for hydroxylation is 1. The molecule has 1 aromatic heterocycles. The molecule has 0 saturated carbocycles. The number of hydrogen-bond acceptors (Lipinski definition) is 3. The lowest BCUT2D eigenvalue weighted by atomic mass is 10.2. The molecule has 6 heteroatoms. The zero-order valence-corrected chi connectivity index (χ0v) is 12.1. The van der Waals surface area contributed by atoms with Crippen molar-refractivity contribution in [1.82, 2.24) is 20.5 Å². The molecule has 0 amide bonds. The standard InChI is InChI=1S/C12H14BrClN4/c13-10-6-9(3-4-11(10)14)7-15-5-1-2-12-16-8-17-18-12/h3-4,6,8,15H,1-2,5,7H2,(H,16,17,18). The minimum Gasteiger partial charge on any atom is -0.313 e. The maximum Gasteiger partial charge on any atom is 0.137 e. The average molecular weight is 330 g/mol. The summed E-state index contributed by atoms with van der Waals surface area (Å²) in [7, 11) is 0. The second-order valence-corrected chi connectivity index (χ2v) is 5.22. The third-order valence-corrected chi connectivity index (χ3v) is 3.76. The summed E-state index contributed by atoms with van der Waals surface area (Å²) in [6.07, 6.45) is 3.48. The maximum atomic E-state index is 5.94. The molecule has 0 bridgehead atoms. The molecule has 1 aromatic carbocycles. The second-order valence-electron chi connectivity index (χ2n) is 3.96. The first-order valence-corrected chi connectivity index (χ1v) is 6.91. The van der Waals surface area contributed by atoms with Crippen molar-refractivity contribution in [3.63, 3.8) is 0 Å². The summed E-state index contributed by atoms with van der Waals surface area (Å²) in [5.41, 5.74) is 1.21. The van der Waals surface area contributed by atoms with Crippen LogP contribution in [-0.2, 0) is 13.0 Å². The number of nitrogens with zero attached hydrogens (tertiary/aromatic N) is 2. The first-order valence-electron chi connectivity index (χ1n) is 5.74. The number of benzene rings is 1. The number of aromatic nitrogens is 3. The van der Waals surface area contributed by atoms with Crippen molar-refractivity contribution >= 4 is 27.5 Å². The van der Waals surface area contributed by atoms with Gasteiger partial charge in [0.2, 0.25) is 0 Å². The van der Waals surface area contributed by atoms with Crippen LogP contribution < -0.4 is 5.32 Å². The predicted octanol–water partition coefficient (Wildman–Crippen LogP) is 2.94. The molecule has 2 N–H and O–H groups in total. The van der Waals surface area contributed by atoms with Crippen molar-refractivity contribution in [3.8, 4) is 0 Å². The molecule has 0 aliphatic heterocycles. The van der Waals surface area contributed by atoms with Crippen LogP contribution in [0.2, 0.25) is 5.02 Å². The van der Waals surface area contributed by atoms with Gasteiger partial charge in [-0.15, -0.1) is 0 Å². The highest BCUT2D eigenvalue weighted by molar-refractivity contribution is 9.10. The Kier molecular flexibility index (Phi) is 5.16. The summed E-state index contributed by atoms with van der Waals surface area (Å²) in [4.78, 5) is 4.08. The Bertz CT molecular complexity index is 487. The fourth-order valence-corrected chi connectivity index (χ4v) is 2.16. The van der Waals surface area contributed by atoms with Crippen LogP contribution in [0.4, 0.5) is 0 Å². The van der Waals surface area contributed by atoms with Crippen molar-refractivity contribution in [2.45, 2.75) is 19.4 Å². The van der Waals surface area contributed by atoms with E-state index in [9.17, 15) is 0 Å². The molecule has 0 fully saturated rings. The van der Waals surface area contributed by atoms with Crippen molar-refractivity contribution in [3.05, 3.63) is 45.4 Å². The number of halogens is 2. The molecular weight excluding hydrogens is 316 g/mol. The highest BCUT2D eigenvalue weighted by atomic mass is 79.9. The number of nitrogens with one attached hydrogen (secondary N) is 2. The van der Waals surface area contributed by atoms with Crippen molar-refractivity contribution in [1.29, 1.82) is 0 Å². The van der Waals surface area contributed by atoms with Gasteiger partial charge in [0.25, 0.3) is 0 Å². The van der Waals surface area contributed by atoms with Crippen LogP contribution in [0.3, 0.4) is 0 Å². The molecule has 96 valence electrons. The molecule has 0 unspecified atom stereocenters. The minimum atomic E-state index is 0.740. The fraction of sp³-hybridized carbons (Fsp3) is 0.333. The normalized spacial score (nSPS) is 10.8. The fourth-order valence-electron chi connectivity index (χ4n) is 1.61. The van der Waals surface area contributed by atoms with Gasteiger partial charge in [-0.05, 0) is 46.6 Å². The van der Waals surface area contributed by atoms with Crippen LogP contribution in [-0.4, -0.2) is 21.7 Å². The van der Waals surface area contributed by atoms with Crippen molar-refractivity contribution < 1.29 is 0 Å². The topological polar surface area (TPSA) is 53.6 Å². The number of aromatic amines is 1. The van der Waals surface area contributed by atoms with Crippen LogP contribution >= 0.6 is 27.5 Å². The summed E-state index contributed by atoms with van der Waals surface area (Å²) >= 11 is 9.35. The molecule has 0 saturated heterocycles. The lowest BCUT2D eigenvalue weighted by molar-refractivity contribution is 0.639. The van der Waals surface area contributed by atoms with Crippen LogP contribution in [0.1, 0.15) is 17.8 Å². The number of H-pyrrole nitrogens is 1. The van der Waals surface area contributed by atoms with E-state index in [4.69, 9.17) is 11.6 Å². The maximum absolute atomic E-state index is 5.94. The Balaban J connectivity index is 1.67. The van der Waals surface area contributed by atoms with E-state index in [1.807, 2.05) is 18.2 Å². The molecule has 2 aromatic rings. The van der Waals surface area contributed by atoms with Gasteiger partial charge in [-0.1, -0.05) is 17.7 Å². The van der Waals surface area contributed by atoms with E-state index in [-0.39, 0.29) is 0 Å². The van der Waals surface area contributed by atoms with E-state index in [0.29, 0.717) is 0 Å². The van der Waals surface area contributed by atoms with Gasteiger partial charge < -0.3 is 5.32 Å². The molecule has 0 radical (unpaired) electrons. The quantitative estimate of drug-likeness (QED) is 0.801. The summed E-state index contributed by atoms with van der Waals surface area (Å²) in [5.74, 6) is 0.936. The largest absolute Gasteiger partial charge is 0.313 e. The van der Waals surface area contributed by atoms with Crippen LogP contribution in [0, 0.1) is 0 Å². The molecular formula is C12H14BrClN4. The third-order valence-electron chi connectivity index (χ3n) is 2.55. The van der Waals surface area contributed by atoms with Gasteiger partial charge in [0.15, 0.2) is 0 Å². The molecule has 1 heterocycles. The summed E-state index contributed by atoms with van der Waals surface area (Å²) in [6, 6.07) is 5.96. The molecule has 0 atom stereocenters. The van der Waals surface area contributed by atoms with Gasteiger partial charge in [0.05, 0.1) is 5.02 Å². The van der Waals surface area contributed by atoms with Gasteiger partial charge in [-0.2, -0.15) is 5.10 Å². The Morgan fingerprint density at radius 1 is 1.39 bits per heavy atom. The first-order chi connectivity index (χ1) is 8.75. The molecule has 18 heavy (non-hydrogen) atoms. The number of rotatable bonds is 6. The predicted molar refractivity (Wildman–Crippen MR) is 75.6 cm³/mol. The van der Waals surface area contributed by atoms with Crippen LogP contribution in [0.5, 0.6) is 0 Å². The third kappa shape index (κ3) is 4.08. The van der Waals surface area contributed by atoms with Crippen LogP contribution in [0.25, 0.3) is 0 Å². The van der Waals surface area contributed by atoms with Gasteiger partial charge >= 0.3 is 0 Å². The molecule has 4 nitrogen and oxygen atoms in total. The Morgan fingerprint density at radius 2 is 2.28 bits per heavy atom. The van der Waals surface area contributed by atoms with E-state index in [2.05, 4.69) is 36.4 Å². The molecule has 0 aliphatic rings. The van der Waals surface area contributed by atoms with E-state index in [0.717, 1.165) is 41.3 Å². The van der Waals surface area contributed by atoms with E-state index in [1.165, 1.54) is 11.9 Å². The highest BCUT2D eigenvalue weighted by Crippen LogP contribution is 2.22. The molecule has 0 spiro atoms. The summed E-state index contributed by atoms with van der Waals surface area (Å²) in [5, 5.41) is 10.8. The zero-order valence-electron chi connectivity index (χ0n) is 9.79. The Morgan fingerprint density at radius 3 is 3.00 bits per heavy atom. The monoisotopic (exact) mass is 328 g/mol.